The van der Waals surface area contributed by atoms with E-state index in [-0.39, 0.29) is 11.8 Å². The second kappa shape index (κ2) is 7.75. The molecular weight excluding hydrogens is 346 g/mol. The lowest BCUT2D eigenvalue weighted by atomic mass is 9.90. The Balaban J connectivity index is 1.58. The molecule has 4 nitrogen and oxygen atoms in total. The van der Waals surface area contributed by atoms with Gasteiger partial charge in [0.15, 0.2) is 0 Å². The molecule has 2 fully saturated rings. The van der Waals surface area contributed by atoms with E-state index >= 15 is 0 Å². The maximum Gasteiger partial charge on any atom is 0.225 e. The zero-order valence-electron chi connectivity index (χ0n) is 14.9. The summed E-state index contributed by atoms with van der Waals surface area (Å²) >= 11 is 6.17. The van der Waals surface area contributed by atoms with Crippen molar-refractivity contribution in [3.63, 3.8) is 0 Å². The van der Waals surface area contributed by atoms with E-state index in [1.807, 2.05) is 24.3 Å². The van der Waals surface area contributed by atoms with E-state index in [0.29, 0.717) is 10.9 Å². The topological polar surface area (TPSA) is 46.1 Å². The number of nitrogens with zero attached hydrogens (tertiary/aromatic N) is 3. The van der Waals surface area contributed by atoms with Gasteiger partial charge >= 0.3 is 0 Å². The molecule has 2 heterocycles. The van der Waals surface area contributed by atoms with Crippen LogP contribution in [0.5, 0.6) is 0 Å². The number of carbonyl (C=O) groups is 1. The van der Waals surface area contributed by atoms with Crippen LogP contribution in [0.3, 0.4) is 0 Å². The Bertz CT molecular complexity index is 788. The molecule has 2 aromatic rings. The van der Waals surface area contributed by atoms with E-state index in [1.165, 1.54) is 12.8 Å². The van der Waals surface area contributed by atoms with Crippen LogP contribution in [0, 0.1) is 5.92 Å². The molecule has 1 amide bonds. The van der Waals surface area contributed by atoms with Crippen LogP contribution in [-0.4, -0.2) is 33.9 Å². The average Bonchev–Trinajstić information content (AvgIpc) is 3.22. The van der Waals surface area contributed by atoms with Crippen molar-refractivity contribution in [2.75, 3.05) is 13.1 Å². The molecule has 2 aliphatic rings. The molecule has 0 unspecified atom stereocenters. The van der Waals surface area contributed by atoms with Crippen molar-refractivity contribution in [3.05, 3.63) is 47.4 Å². The van der Waals surface area contributed by atoms with Gasteiger partial charge in [0.1, 0.15) is 0 Å². The molecule has 0 spiro atoms. The van der Waals surface area contributed by atoms with Crippen LogP contribution in [0.1, 0.15) is 50.1 Å². The number of rotatable bonds is 3. The minimum atomic E-state index is 0.233. The molecule has 1 saturated heterocycles. The van der Waals surface area contributed by atoms with Crippen LogP contribution in [0.4, 0.5) is 0 Å². The molecule has 1 aromatic heterocycles. The summed E-state index contributed by atoms with van der Waals surface area (Å²) in [6.45, 7) is 1.63. The van der Waals surface area contributed by atoms with Gasteiger partial charge in [0.25, 0.3) is 0 Å². The molecule has 136 valence electrons. The van der Waals surface area contributed by atoms with Gasteiger partial charge in [-0.1, -0.05) is 36.6 Å². The number of amides is 1. The highest BCUT2D eigenvalue weighted by atomic mass is 35.5. The van der Waals surface area contributed by atoms with Crippen molar-refractivity contribution in [2.45, 2.75) is 44.4 Å². The lowest BCUT2D eigenvalue weighted by Crippen LogP contribution is -2.42. The number of piperidine rings is 1. The smallest absolute Gasteiger partial charge is 0.225 e. The van der Waals surface area contributed by atoms with Crippen molar-refractivity contribution in [1.29, 1.82) is 0 Å². The maximum absolute atomic E-state index is 12.8. The summed E-state index contributed by atoms with van der Waals surface area (Å²) in [4.78, 5) is 24.2. The zero-order chi connectivity index (χ0) is 17.9. The first kappa shape index (κ1) is 17.5. The van der Waals surface area contributed by atoms with Gasteiger partial charge in [-0.05, 0) is 37.8 Å². The first-order valence-electron chi connectivity index (χ1n) is 9.58. The minimum Gasteiger partial charge on any atom is -0.342 e. The number of halogens is 1. The summed E-state index contributed by atoms with van der Waals surface area (Å²) < 4.78 is 0. The van der Waals surface area contributed by atoms with Crippen molar-refractivity contribution in [2.24, 2.45) is 5.92 Å². The monoisotopic (exact) mass is 369 g/mol. The molecule has 1 atom stereocenters. The van der Waals surface area contributed by atoms with E-state index in [9.17, 15) is 4.79 Å². The SMILES string of the molecule is O=C(C1CCCC1)N1CCC[C@@H](c2nccnc2-c2cccc(Cl)c2)C1. The highest BCUT2D eigenvalue weighted by molar-refractivity contribution is 6.30. The van der Waals surface area contributed by atoms with Crippen molar-refractivity contribution in [1.82, 2.24) is 14.9 Å². The van der Waals surface area contributed by atoms with Gasteiger partial charge in [0, 0.05) is 47.9 Å². The Kier molecular flexibility index (Phi) is 5.21. The van der Waals surface area contributed by atoms with Crippen LogP contribution >= 0.6 is 11.6 Å². The Morgan fingerprint density at radius 1 is 1.08 bits per heavy atom. The fraction of sp³-hybridized carbons (Fsp3) is 0.476. The molecule has 1 aromatic carbocycles. The molecule has 0 radical (unpaired) electrons. The summed E-state index contributed by atoms with van der Waals surface area (Å²) in [5.41, 5.74) is 2.86. The van der Waals surface area contributed by atoms with Gasteiger partial charge in [0.05, 0.1) is 11.4 Å². The number of likely N-dealkylation sites (tertiary alicyclic amines) is 1. The lowest BCUT2D eigenvalue weighted by Gasteiger charge is -2.34. The van der Waals surface area contributed by atoms with Crippen molar-refractivity contribution in [3.8, 4) is 11.3 Å². The highest BCUT2D eigenvalue weighted by Crippen LogP contribution is 2.34. The van der Waals surface area contributed by atoms with Gasteiger partial charge in [-0.15, -0.1) is 0 Å². The maximum atomic E-state index is 12.8. The Hall–Kier alpha value is -1.94. The molecule has 1 aliphatic heterocycles. The summed E-state index contributed by atoms with van der Waals surface area (Å²) in [5.74, 6) is 0.820. The van der Waals surface area contributed by atoms with Gasteiger partial charge in [-0.2, -0.15) is 0 Å². The number of aromatic nitrogens is 2. The normalized spacial score (nSPS) is 21.1. The lowest BCUT2D eigenvalue weighted by molar-refractivity contribution is -0.136. The van der Waals surface area contributed by atoms with E-state index in [1.54, 1.807) is 12.4 Å². The Morgan fingerprint density at radius 2 is 1.88 bits per heavy atom. The van der Waals surface area contributed by atoms with E-state index in [2.05, 4.69) is 14.9 Å². The van der Waals surface area contributed by atoms with Crippen LogP contribution < -0.4 is 0 Å². The third-order valence-corrected chi connectivity index (χ3v) is 5.88. The van der Waals surface area contributed by atoms with Gasteiger partial charge in [0.2, 0.25) is 5.91 Å². The van der Waals surface area contributed by atoms with Crippen LogP contribution in [0.25, 0.3) is 11.3 Å². The summed E-state index contributed by atoms with van der Waals surface area (Å²) in [5, 5.41) is 0.695. The molecule has 4 rings (SSSR count). The van der Waals surface area contributed by atoms with Gasteiger partial charge in [-0.25, -0.2) is 0 Å². The summed E-state index contributed by atoms with van der Waals surface area (Å²) in [6, 6.07) is 7.75. The van der Waals surface area contributed by atoms with E-state index in [4.69, 9.17) is 11.6 Å². The Labute approximate surface area is 159 Å². The number of carbonyl (C=O) groups excluding carboxylic acids is 1. The Morgan fingerprint density at radius 3 is 2.69 bits per heavy atom. The number of hydrogen-bond acceptors (Lipinski definition) is 3. The third-order valence-electron chi connectivity index (χ3n) is 5.65. The molecule has 26 heavy (non-hydrogen) atoms. The fourth-order valence-corrected chi connectivity index (χ4v) is 4.53. The first-order chi connectivity index (χ1) is 12.7. The molecular formula is C21H24ClN3O. The van der Waals surface area contributed by atoms with Crippen LogP contribution in [0.2, 0.25) is 5.02 Å². The predicted molar refractivity (Wildman–Crippen MR) is 103 cm³/mol. The molecule has 5 heteroatoms. The molecule has 0 bridgehead atoms. The quantitative estimate of drug-likeness (QED) is 0.788. The number of hydrogen-bond donors (Lipinski definition) is 0. The van der Waals surface area contributed by atoms with Crippen LogP contribution in [-0.2, 0) is 4.79 Å². The van der Waals surface area contributed by atoms with Gasteiger partial charge in [-0.3, -0.25) is 14.8 Å². The van der Waals surface area contributed by atoms with Crippen molar-refractivity contribution >= 4 is 17.5 Å². The fourth-order valence-electron chi connectivity index (χ4n) is 4.34. The summed E-state index contributed by atoms with van der Waals surface area (Å²) in [7, 11) is 0. The van der Waals surface area contributed by atoms with E-state index < -0.39 is 0 Å². The predicted octanol–water partition coefficient (Wildman–Crippen LogP) is 4.69. The molecule has 1 aliphatic carbocycles. The second-order valence-electron chi connectivity index (χ2n) is 7.41. The van der Waals surface area contributed by atoms with Crippen molar-refractivity contribution < 1.29 is 4.79 Å². The number of benzene rings is 1. The minimum absolute atomic E-state index is 0.233. The van der Waals surface area contributed by atoms with Gasteiger partial charge < -0.3 is 4.90 Å². The van der Waals surface area contributed by atoms with Crippen LogP contribution in [0.15, 0.2) is 36.7 Å². The third kappa shape index (κ3) is 3.61. The highest BCUT2D eigenvalue weighted by Gasteiger charge is 2.32. The zero-order valence-corrected chi connectivity index (χ0v) is 15.7. The first-order valence-corrected chi connectivity index (χ1v) is 9.96. The molecule has 1 saturated carbocycles. The largest absolute Gasteiger partial charge is 0.342 e. The molecule has 0 N–H and O–H groups in total. The average molecular weight is 370 g/mol. The van der Waals surface area contributed by atoms with E-state index in [0.717, 1.165) is 55.7 Å². The summed E-state index contributed by atoms with van der Waals surface area (Å²) in [6.07, 6.45) is 10.0. The standard InChI is InChI=1S/C21H24ClN3O/c22-18-9-3-7-16(13-18)19-20(24-11-10-23-19)17-8-4-12-25(14-17)21(26)15-5-1-2-6-15/h3,7,9-11,13,15,17H,1-2,4-6,8,12,14H2/t17-/m1/s1. The second-order valence-corrected chi connectivity index (χ2v) is 7.84.